The molecule has 0 unspecified atom stereocenters. The van der Waals surface area contributed by atoms with Crippen molar-refractivity contribution in [3.8, 4) is 0 Å². The molecule has 0 fully saturated rings. The Balaban J connectivity index is 2.88. The molecule has 0 aliphatic heterocycles. The fourth-order valence-electron chi connectivity index (χ4n) is 0.747. The Morgan fingerprint density at radius 1 is 1.60 bits per heavy atom. The van der Waals surface area contributed by atoms with Gasteiger partial charge in [0.15, 0.2) is 5.65 Å². The molecule has 0 aliphatic carbocycles. The average molecular weight is 153 g/mol. The van der Waals surface area contributed by atoms with Crippen molar-refractivity contribution in [3.05, 3.63) is 18.3 Å². The highest BCUT2D eigenvalue weighted by molar-refractivity contribution is 7.32. The Kier molecular flexibility index (Phi) is 1.08. The highest BCUT2D eigenvalue weighted by Crippen LogP contribution is 2.17. The molecule has 2 aromatic heterocycles. The first-order valence-corrected chi connectivity index (χ1v) is 3.58. The maximum atomic E-state index is 8.86. The van der Waals surface area contributed by atoms with Gasteiger partial charge in [-0.3, -0.25) is 0 Å². The van der Waals surface area contributed by atoms with Gasteiger partial charge >= 0.3 is 0 Å². The Morgan fingerprint density at radius 3 is 3.30 bits per heavy atom. The minimum Gasteiger partial charge on any atom is -0.408 e. The van der Waals surface area contributed by atoms with E-state index in [0.717, 1.165) is 9.73 Å². The van der Waals surface area contributed by atoms with Crippen LogP contribution < -0.4 is 0 Å². The average Bonchev–Trinajstić information content (AvgIpc) is 2.27. The van der Waals surface area contributed by atoms with Crippen LogP contribution >= 0.6 is 8.35 Å². The van der Waals surface area contributed by atoms with E-state index in [0.29, 0.717) is 14.0 Å². The van der Waals surface area contributed by atoms with Gasteiger partial charge in [-0.2, -0.15) is 0 Å². The summed E-state index contributed by atoms with van der Waals surface area (Å²) >= 11 is 0. The van der Waals surface area contributed by atoms with E-state index in [2.05, 4.69) is 10.1 Å². The second-order valence-corrected chi connectivity index (χ2v) is 2.85. The molecule has 0 saturated heterocycles. The maximum Gasteiger partial charge on any atom is 0.189 e. The van der Waals surface area contributed by atoms with E-state index in [-0.39, 0.29) is 0 Å². The zero-order chi connectivity index (χ0) is 6.97. The van der Waals surface area contributed by atoms with Crippen molar-refractivity contribution >= 4 is 19.1 Å². The minimum absolute atomic E-state index is 0.603. The lowest BCUT2D eigenvalue weighted by atomic mass is 10.5. The molecule has 1 N–H and O–H groups in total. The Hall–Kier alpha value is -1.15. The van der Waals surface area contributed by atoms with Gasteiger partial charge in [-0.05, 0) is 12.1 Å². The summed E-state index contributed by atoms with van der Waals surface area (Å²) in [5.74, 6) is 0. The zero-order valence-corrected chi connectivity index (χ0v) is 5.86. The Morgan fingerprint density at radius 2 is 2.50 bits per heavy atom. The quantitative estimate of drug-likeness (QED) is 0.579. The summed E-state index contributed by atoms with van der Waals surface area (Å²) < 4.78 is 0.859. The van der Waals surface area contributed by atoms with Gasteiger partial charge in [0.1, 0.15) is 0 Å². The SMILES string of the molecule is On1nc2ncccc2p1. The lowest BCUT2D eigenvalue weighted by Gasteiger charge is -1.78. The molecule has 4 nitrogen and oxygen atoms in total. The molecule has 0 bridgehead atoms. The van der Waals surface area contributed by atoms with Gasteiger partial charge in [0.05, 0.1) is 13.5 Å². The third-order valence-corrected chi connectivity index (χ3v) is 1.98. The van der Waals surface area contributed by atoms with Crippen molar-refractivity contribution in [2.24, 2.45) is 0 Å². The molecule has 0 radical (unpaired) electrons. The van der Waals surface area contributed by atoms with E-state index in [1.165, 1.54) is 0 Å². The predicted molar refractivity (Wildman–Crippen MR) is 37.2 cm³/mol. The van der Waals surface area contributed by atoms with E-state index in [4.69, 9.17) is 5.21 Å². The standard InChI is InChI=1S/C5H4N3OP/c9-8-7-5-4(10-8)2-1-3-6-5/h1-3,9H. The molecule has 0 aliphatic rings. The molecule has 5 heteroatoms. The van der Waals surface area contributed by atoms with Crippen molar-refractivity contribution in [2.75, 3.05) is 0 Å². The van der Waals surface area contributed by atoms with Crippen molar-refractivity contribution in [2.45, 2.75) is 0 Å². The van der Waals surface area contributed by atoms with Crippen LogP contribution in [0.1, 0.15) is 0 Å². The monoisotopic (exact) mass is 153 g/mol. The predicted octanol–water partition coefficient (Wildman–Crippen LogP) is 1.25. The number of aromatic nitrogens is 3. The largest absolute Gasteiger partial charge is 0.408 e. The number of hydrogen-bond donors (Lipinski definition) is 1. The van der Waals surface area contributed by atoms with E-state index < -0.39 is 0 Å². The fourth-order valence-corrected chi connectivity index (χ4v) is 1.41. The summed E-state index contributed by atoms with van der Waals surface area (Å²) in [4.78, 5) is 3.93. The van der Waals surface area contributed by atoms with Crippen LogP contribution in [0.3, 0.4) is 0 Å². The number of nitrogens with zero attached hydrogens (tertiary/aromatic N) is 3. The minimum atomic E-state index is 0.603. The normalized spacial score (nSPS) is 11.2. The third-order valence-electron chi connectivity index (χ3n) is 1.15. The Labute approximate surface area is 58.2 Å². The first-order valence-electron chi connectivity index (χ1n) is 2.73. The Bertz CT molecular complexity index is 325. The second-order valence-electron chi connectivity index (χ2n) is 1.81. The number of hydrogen-bond acceptors (Lipinski definition) is 3. The number of rotatable bonds is 0. The molecular weight excluding hydrogens is 149 g/mol. The van der Waals surface area contributed by atoms with Gasteiger partial charge in [0.2, 0.25) is 0 Å². The molecule has 2 aromatic rings. The van der Waals surface area contributed by atoms with Crippen LogP contribution in [0.2, 0.25) is 0 Å². The van der Waals surface area contributed by atoms with E-state index >= 15 is 0 Å². The first kappa shape index (κ1) is 5.62. The van der Waals surface area contributed by atoms with Crippen LogP contribution in [0.5, 0.6) is 0 Å². The third kappa shape index (κ3) is 0.736. The topological polar surface area (TPSA) is 50.9 Å². The fraction of sp³-hybridized carbons (Fsp3) is 0. The molecule has 0 amide bonds. The van der Waals surface area contributed by atoms with Crippen LogP contribution in [0.4, 0.5) is 0 Å². The van der Waals surface area contributed by atoms with Crippen LogP contribution in [-0.2, 0) is 0 Å². The summed E-state index contributed by atoms with van der Waals surface area (Å²) in [6, 6.07) is 3.70. The van der Waals surface area contributed by atoms with Crippen LogP contribution in [0, 0.1) is 0 Å². The first-order chi connectivity index (χ1) is 4.86. The van der Waals surface area contributed by atoms with Crippen molar-refractivity contribution < 1.29 is 5.21 Å². The van der Waals surface area contributed by atoms with E-state index in [1.54, 1.807) is 6.20 Å². The van der Waals surface area contributed by atoms with Crippen molar-refractivity contribution in [3.63, 3.8) is 0 Å². The summed E-state index contributed by atoms with van der Waals surface area (Å²) in [5, 5.41) is 13.5. The van der Waals surface area contributed by atoms with Gasteiger partial charge < -0.3 is 5.21 Å². The molecule has 0 saturated carbocycles. The van der Waals surface area contributed by atoms with Crippen LogP contribution in [-0.4, -0.2) is 19.9 Å². The molecule has 2 rings (SSSR count). The second kappa shape index (κ2) is 1.92. The molecule has 0 spiro atoms. The van der Waals surface area contributed by atoms with Crippen LogP contribution in [0.25, 0.3) is 10.8 Å². The molecule has 10 heavy (non-hydrogen) atoms. The highest BCUT2D eigenvalue weighted by Gasteiger charge is 1.97. The number of fused-ring (bicyclic) bond motifs is 1. The van der Waals surface area contributed by atoms with Gasteiger partial charge in [0, 0.05) is 6.20 Å². The van der Waals surface area contributed by atoms with Crippen LogP contribution in [0.15, 0.2) is 18.3 Å². The number of pyridine rings is 1. The summed E-state index contributed by atoms with van der Waals surface area (Å²) in [6.45, 7) is 0. The van der Waals surface area contributed by atoms with Gasteiger partial charge in [0.25, 0.3) is 0 Å². The molecule has 0 aromatic carbocycles. The van der Waals surface area contributed by atoms with Gasteiger partial charge in [-0.25, -0.2) is 4.98 Å². The zero-order valence-electron chi connectivity index (χ0n) is 4.97. The van der Waals surface area contributed by atoms with E-state index in [9.17, 15) is 0 Å². The summed E-state index contributed by atoms with van der Waals surface area (Å²) in [5.41, 5.74) is 0.603. The smallest absolute Gasteiger partial charge is 0.189 e. The molecule has 0 atom stereocenters. The lowest BCUT2D eigenvalue weighted by molar-refractivity contribution is 0.183. The highest BCUT2D eigenvalue weighted by atomic mass is 31.0. The van der Waals surface area contributed by atoms with Crippen molar-refractivity contribution in [1.82, 2.24) is 14.7 Å². The van der Waals surface area contributed by atoms with Gasteiger partial charge in [-0.1, -0.05) is 4.61 Å². The van der Waals surface area contributed by atoms with Gasteiger partial charge in [-0.15, -0.1) is 5.10 Å². The van der Waals surface area contributed by atoms with E-state index in [1.807, 2.05) is 12.1 Å². The molecular formula is C5H4N3OP. The maximum absolute atomic E-state index is 8.86. The summed E-state index contributed by atoms with van der Waals surface area (Å²) in [6.07, 6.45) is 1.65. The summed E-state index contributed by atoms with van der Waals surface area (Å²) in [7, 11) is 0.682. The van der Waals surface area contributed by atoms with Crippen molar-refractivity contribution in [1.29, 1.82) is 0 Å². The molecule has 2 heterocycles. The lowest BCUT2D eigenvalue weighted by Crippen LogP contribution is -1.84. The molecule has 50 valence electrons.